The summed E-state index contributed by atoms with van der Waals surface area (Å²) in [5.41, 5.74) is 1.11. The molecule has 114 valence electrons. The Balaban J connectivity index is 1.93. The Morgan fingerprint density at radius 1 is 1.38 bits per heavy atom. The van der Waals surface area contributed by atoms with Crippen molar-refractivity contribution >= 4 is 12.0 Å². The summed E-state index contributed by atoms with van der Waals surface area (Å²) in [5, 5.41) is 9.23. The lowest BCUT2D eigenvalue weighted by atomic mass is 10.0. The molecule has 1 aromatic heterocycles. The number of carbonyl (C=O) groups excluding carboxylic acids is 1. The monoisotopic (exact) mass is 291 g/mol. The Morgan fingerprint density at radius 3 is 2.76 bits per heavy atom. The van der Waals surface area contributed by atoms with Crippen LogP contribution in [0.2, 0.25) is 0 Å². The zero-order valence-corrected chi connectivity index (χ0v) is 12.2. The maximum absolute atomic E-state index is 12.4. The summed E-state index contributed by atoms with van der Waals surface area (Å²) in [5.74, 6) is -0.911. The third-order valence-corrected chi connectivity index (χ3v) is 3.85. The van der Waals surface area contributed by atoms with Gasteiger partial charge in [-0.1, -0.05) is 0 Å². The Bertz CT molecular complexity index is 492. The minimum Gasteiger partial charge on any atom is -0.480 e. The van der Waals surface area contributed by atoms with E-state index in [2.05, 4.69) is 4.98 Å². The first kappa shape index (κ1) is 15.3. The number of rotatable bonds is 4. The topological polar surface area (TPSA) is 73.7 Å². The van der Waals surface area contributed by atoms with Crippen molar-refractivity contribution in [3.05, 3.63) is 30.1 Å². The van der Waals surface area contributed by atoms with Crippen LogP contribution in [0.1, 0.15) is 24.8 Å². The molecule has 1 aromatic rings. The molecule has 6 nitrogen and oxygen atoms in total. The van der Waals surface area contributed by atoms with Crippen molar-refractivity contribution in [1.29, 1.82) is 0 Å². The Labute approximate surface area is 124 Å². The molecule has 0 bridgehead atoms. The van der Waals surface area contributed by atoms with Gasteiger partial charge in [0.25, 0.3) is 0 Å². The highest BCUT2D eigenvalue weighted by atomic mass is 16.4. The molecule has 0 aliphatic carbocycles. The molecule has 6 heteroatoms. The van der Waals surface area contributed by atoms with Crippen molar-refractivity contribution in [1.82, 2.24) is 14.8 Å². The first-order chi connectivity index (χ1) is 10.1. The van der Waals surface area contributed by atoms with Gasteiger partial charge in [-0.15, -0.1) is 0 Å². The average Bonchev–Trinajstić information content (AvgIpc) is 2.52. The summed E-state index contributed by atoms with van der Waals surface area (Å²) >= 11 is 0. The van der Waals surface area contributed by atoms with E-state index in [1.54, 1.807) is 24.3 Å². The number of likely N-dealkylation sites (tertiary alicyclic amines) is 1. The standard InChI is InChI=1S/C15H21N3O3/c1-17(11-7-12-5-8-16-9-6-12)15(21)18-10-3-2-4-13(18)14(19)20/h5-6,8-9,13H,2-4,7,10-11H2,1H3,(H,19,20). The molecular weight excluding hydrogens is 270 g/mol. The average molecular weight is 291 g/mol. The molecule has 21 heavy (non-hydrogen) atoms. The number of hydrogen-bond acceptors (Lipinski definition) is 3. The molecule has 0 spiro atoms. The van der Waals surface area contributed by atoms with Crippen LogP contribution in [0.4, 0.5) is 4.79 Å². The summed E-state index contributed by atoms with van der Waals surface area (Å²) in [4.78, 5) is 30.7. The van der Waals surface area contributed by atoms with Gasteiger partial charge in [0, 0.05) is 32.5 Å². The molecule has 1 unspecified atom stereocenters. The van der Waals surface area contributed by atoms with Crippen LogP contribution in [0.15, 0.2) is 24.5 Å². The number of nitrogens with zero attached hydrogens (tertiary/aromatic N) is 3. The number of aliphatic carboxylic acids is 1. The number of carbonyl (C=O) groups is 2. The summed E-state index contributed by atoms with van der Waals surface area (Å²) in [6, 6.07) is 2.95. The maximum atomic E-state index is 12.4. The summed E-state index contributed by atoms with van der Waals surface area (Å²) in [6.45, 7) is 1.08. The van der Waals surface area contributed by atoms with Crippen LogP contribution in [0.25, 0.3) is 0 Å². The fourth-order valence-electron chi connectivity index (χ4n) is 2.58. The van der Waals surface area contributed by atoms with Crippen molar-refractivity contribution in [2.45, 2.75) is 31.7 Å². The molecule has 1 aliphatic rings. The number of pyridine rings is 1. The fourth-order valence-corrected chi connectivity index (χ4v) is 2.58. The molecule has 2 amide bonds. The molecule has 2 heterocycles. The predicted molar refractivity (Wildman–Crippen MR) is 77.9 cm³/mol. The van der Waals surface area contributed by atoms with Crippen LogP contribution >= 0.6 is 0 Å². The highest BCUT2D eigenvalue weighted by Gasteiger charge is 2.33. The Morgan fingerprint density at radius 2 is 2.10 bits per heavy atom. The minimum atomic E-state index is -0.911. The molecular formula is C15H21N3O3. The van der Waals surface area contributed by atoms with Gasteiger partial charge in [-0.05, 0) is 43.4 Å². The molecule has 1 fully saturated rings. The quantitative estimate of drug-likeness (QED) is 0.914. The SMILES string of the molecule is CN(CCc1ccncc1)C(=O)N1CCCCC1C(=O)O. The van der Waals surface area contributed by atoms with Gasteiger partial charge in [0.15, 0.2) is 0 Å². The normalized spacial score (nSPS) is 18.3. The van der Waals surface area contributed by atoms with E-state index >= 15 is 0 Å². The Kier molecular flexibility index (Phi) is 5.14. The summed E-state index contributed by atoms with van der Waals surface area (Å²) in [6.07, 6.45) is 6.45. The first-order valence-electron chi connectivity index (χ1n) is 7.23. The number of piperidine rings is 1. The number of aromatic nitrogens is 1. The molecule has 1 saturated heterocycles. The van der Waals surface area contributed by atoms with Gasteiger partial charge in [-0.25, -0.2) is 9.59 Å². The molecule has 0 radical (unpaired) electrons. The lowest BCUT2D eigenvalue weighted by Crippen LogP contribution is -2.52. The van der Waals surface area contributed by atoms with Gasteiger partial charge in [0.05, 0.1) is 0 Å². The van der Waals surface area contributed by atoms with Crippen molar-refractivity contribution in [2.24, 2.45) is 0 Å². The number of amides is 2. The lowest BCUT2D eigenvalue weighted by molar-refractivity contribution is -0.143. The highest BCUT2D eigenvalue weighted by molar-refractivity contribution is 5.82. The van der Waals surface area contributed by atoms with Gasteiger partial charge >= 0.3 is 12.0 Å². The predicted octanol–water partition coefficient (Wildman–Crippen LogP) is 1.62. The van der Waals surface area contributed by atoms with Gasteiger partial charge in [-0.3, -0.25) is 4.98 Å². The molecule has 0 aromatic carbocycles. The van der Waals surface area contributed by atoms with Gasteiger partial charge in [0.1, 0.15) is 6.04 Å². The van der Waals surface area contributed by atoms with Gasteiger partial charge in [-0.2, -0.15) is 0 Å². The van der Waals surface area contributed by atoms with Crippen molar-refractivity contribution < 1.29 is 14.7 Å². The van der Waals surface area contributed by atoms with Crippen LogP contribution in [-0.4, -0.2) is 58.1 Å². The van der Waals surface area contributed by atoms with E-state index in [0.717, 1.165) is 24.8 Å². The molecule has 1 aliphatic heterocycles. The minimum absolute atomic E-state index is 0.198. The van der Waals surface area contributed by atoms with E-state index in [9.17, 15) is 14.7 Å². The second kappa shape index (κ2) is 7.06. The summed E-state index contributed by atoms with van der Waals surface area (Å²) in [7, 11) is 1.72. The van der Waals surface area contributed by atoms with E-state index < -0.39 is 12.0 Å². The fraction of sp³-hybridized carbons (Fsp3) is 0.533. The smallest absolute Gasteiger partial charge is 0.326 e. The zero-order chi connectivity index (χ0) is 15.2. The number of urea groups is 1. The van der Waals surface area contributed by atoms with Crippen LogP contribution < -0.4 is 0 Å². The van der Waals surface area contributed by atoms with Crippen LogP contribution in [0, 0.1) is 0 Å². The third-order valence-electron chi connectivity index (χ3n) is 3.85. The van der Waals surface area contributed by atoms with Crippen LogP contribution in [0.5, 0.6) is 0 Å². The van der Waals surface area contributed by atoms with Crippen molar-refractivity contribution in [3.63, 3.8) is 0 Å². The largest absolute Gasteiger partial charge is 0.480 e. The van der Waals surface area contributed by atoms with E-state index in [1.807, 2.05) is 12.1 Å². The van der Waals surface area contributed by atoms with Gasteiger partial charge < -0.3 is 14.9 Å². The Hall–Kier alpha value is -2.11. The maximum Gasteiger partial charge on any atom is 0.326 e. The number of hydrogen-bond donors (Lipinski definition) is 1. The third kappa shape index (κ3) is 3.93. The van der Waals surface area contributed by atoms with E-state index in [4.69, 9.17) is 0 Å². The van der Waals surface area contributed by atoms with Crippen LogP contribution in [0.3, 0.4) is 0 Å². The molecule has 1 N–H and O–H groups in total. The van der Waals surface area contributed by atoms with E-state index in [0.29, 0.717) is 19.5 Å². The van der Waals surface area contributed by atoms with E-state index in [-0.39, 0.29) is 6.03 Å². The second-order valence-corrected chi connectivity index (χ2v) is 5.35. The van der Waals surface area contributed by atoms with Gasteiger partial charge in [0.2, 0.25) is 0 Å². The molecule has 0 saturated carbocycles. The van der Waals surface area contributed by atoms with Crippen molar-refractivity contribution in [2.75, 3.05) is 20.1 Å². The molecule has 1 atom stereocenters. The number of carboxylic acid groups (broad SMARTS) is 1. The number of carboxylic acids is 1. The summed E-state index contributed by atoms with van der Waals surface area (Å²) < 4.78 is 0. The van der Waals surface area contributed by atoms with E-state index in [1.165, 1.54) is 4.90 Å². The van der Waals surface area contributed by atoms with Crippen LogP contribution in [-0.2, 0) is 11.2 Å². The highest BCUT2D eigenvalue weighted by Crippen LogP contribution is 2.18. The first-order valence-corrected chi connectivity index (χ1v) is 7.23. The molecule has 2 rings (SSSR count). The zero-order valence-electron chi connectivity index (χ0n) is 12.2. The number of likely N-dealkylation sites (N-methyl/N-ethyl adjacent to an activating group) is 1. The second-order valence-electron chi connectivity index (χ2n) is 5.35. The van der Waals surface area contributed by atoms with Crippen molar-refractivity contribution in [3.8, 4) is 0 Å². The lowest BCUT2D eigenvalue weighted by Gasteiger charge is -2.35.